The number of hydrogen-bond donors (Lipinski definition) is 2. The summed E-state index contributed by atoms with van der Waals surface area (Å²) in [5, 5.41) is 11.8. The number of hydrogen-bond acceptors (Lipinski definition) is 7. The first-order valence-electron chi connectivity index (χ1n) is 11.0. The quantitative estimate of drug-likeness (QED) is 0.369. The number of aromatic amines is 1. The lowest BCUT2D eigenvalue weighted by Crippen LogP contribution is -2.29. The summed E-state index contributed by atoms with van der Waals surface area (Å²) in [6, 6.07) is 11.1. The maximum atomic E-state index is 11.8. The first-order chi connectivity index (χ1) is 16.7. The number of nitrogens with zero attached hydrogens (tertiary/aromatic N) is 4. The molecule has 0 aliphatic carbocycles. The molecule has 3 aromatic heterocycles. The van der Waals surface area contributed by atoms with Gasteiger partial charge in [0.25, 0.3) is 0 Å². The summed E-state index contributed by atoms with van der Waals surface area (Å²) < 4.78 is 11.7. The number of pyridine rings is 2. The summed E-state index contributed by atoms with van der Waals surface area (Å²) in [6.45, 7) is 2.01. The molecule has 1 saturated heterocycles. The van der Waals surface area contributed by atoms with Crippen molar-refractivity contribution in [3.63, 3.8) is 0 Å². The van der Waals surface area contributed by atoms with Gasteiger partial charge in [0.1, 0.15) is 19.0 Å². The number of halogens is 1. The van der Waals surface area contributed by atoms with Crippen molar-refractivity contribution in [2.24, 2.45) is 0 Å². The summed E-state index contributed by atoms with van der Waals surface area (Å²) >= 11 is 6.46. The van der Waals surface area contributed by atoms with Gasteiger partial charge in [-0.25, -0.2) is 0 Å². The monoisotopic (exact) mass is 478 g/mol. The van der Waals surface area contributed by atoms with E-state index in [0.717, 1.165) is 40.9 Å². The first kappa shape index (κ1) is 22.0. The molecule has 10 heteroatoms. The van der Waals surface area contributed by atoms with Crippen molar-refractivity contribution in [3.05, 3.63) is 65.7 Å². The second-order valence-corrected chi connectivity index (χ2v) is 8.26. The Labute approximate surface area is 201 Å². The number of nitrogens with one attached hydrogen (secondary N) is 2. The van der Waals surface area contributed by atoms with Crippen LogP contribution in [0.1, 0.15) is 18.5 Å². The Balaban J connectivity index is 1.28. The third-order valence-electron chi connectivity index (χ3n) is 5.52. The standard InChI is InChI=1S/C24H23ClN6O3/c25-18-12-16(6-7-21(18)34-15-17-4-1-2-8-27-17)28-19-13-26-14-20-23(19)24(30-29-20)33-11-10-31-9-3-5-22(31)32/h1-2,4,6-8,12-14,28H,3,5,9-11,15H2,(H,29,30). The zero-order valence-electron chi connectivity index (χ0n) is 18.3. The molecule has 1 fully saturated rings. The molecule has 0 bridgehead atoms. The highest BCUT2D eigenvalue weighted by molar-refractivity contribution is 6.32. The number of carbonyl (C=O) groups is 1. The molecule has 2 N–H and O–H groups in total. The van der Waals surface area contributed by atoms with Gasteiger partial charge in [-0.2, -0.15) is 0 Å². The molecular weight excluding hydrogens is 456 g/mol. The Morgan fingerprint density at radius 3 is 2.91 bits per heavy atom. The molecule has 34 heavy (non-hydrogen) atoms. The number of fused-ring (bicyclic) bond motifs is 1. The van der Waals surface area contributed by atoms with E-state index in [1.807, 2.05) is 29.2 Å². The van der Waals surface area contributed by atoms with E-state index in [4.69, 9.17) is 21.1 Å². The topological polar surface area (TPSA) is 105 Å². The van der Waals surface area contributed by atoms with Crippen LogP contribution in [-0.2, 0) is 11.4 Å². The van der Waals surface area contributed by atoms with Crippen molar-refractivity contribution in [2.45, 2.75) is 19.4 Å². The van der Waals surface area contributed by atoms with E-state index in [9.17, 15) is 4.79 Å². The Bertz CT molecular complexity index is 1300. The van der Waals surface area contributed by atoms with Gasteiger partial charge in [-0.05, 0) is 36.8 Å². The molecule has 1 amide bonds. The molecule has 4 aromatic rings. The van der Waals surface area contributed by atoms with E-state index >= 15 is 0 Å². The lowest BCUT2D eigenvalue weighted by Gasteiger charge is -2.15. The minimum Gasteiger partial charge on any atom is -0.486 e. The summed E-state index contributed by atoms with van der Waals surface area (Å²) in [5.74, 6) is 1.19. The summed E-state index contributed by atoms with van der Waals surface area (Å²) in [6.07, 6.45) is 6.63. The van der Waals surface area contributed by atoms with Crippen LogP contribution >= 0.6 is 11.6 Å². The van der Waals surface area contributed by atoms with Crippen molar-refractivity contribution in [1.82, 2.24) is 25.1 Å². The van der Waals surface area contributed by atoms with Crippen LogP contribution < -0.4 is 14.8 Å². The molecule has 0 saturated carbocycles. The van der Waals surface area contributed by atoms with Crippen molar-refractivity contribution in [1.29, 1.82) is 0 Å². The van der Waals surface area contributed by atoms with Crippen LogP contribution in [0.15, 0.2) is 55.0 Å². The molecule has 1 aliphatic rings. The molecule has 1 aliphatic heterocycles. The van der Waals surface area contributed by atoms with Crippen LogP contribution in [0.25, 0.3) is 10.9 Å². The van der Waals surface area contributed by atoms with Gasteiger partial charge < -0.3 is 19.7 Å². The highest BCUT2D eigenvalue weighted by atomic mass is 35.5. The van der Waals surface area contributed by atoms with E-state index in [-0.39, 0.29) is 5.91 Å². The van der Waals surface area contributed by atoms with Crippen LogP contribution in [0.3, 0.4) is 0 Å². The summed E-state index contributed by atoms with van der Waals surface area (Å²) in [7, 11) is 0. The Kier molecular flexibility index (Phi) is 6.44. The number of anilines is 2. The van der Waals surface area contributed by atoms with E-state index < -0.39 is 0 Å². The minimum absolute atomic E-state index is 0.173. The fraction of sp³-hybridized carbons (Fsp3) is 0.250. The maximum absolute atomic E-state index is 11.8. The zero-order valence-corrected chi connectivity index (χ0v) is 19.1. The molecule has 0 radical (unpaired) electrons. The van der Waals surface area contributed by atoms with E-state index in [1.54, 1.807) is 30.7 Å². The number of ether oxygens (including phenoxy) is 2. The number of amides is 1. The van der Waals surface area contributed by atoms with Crippen LogP contribution in [0.2, 0.25) is 5.02 Å². The summed E-state index contributed by atoms with van der Waals surface area (Å²) in [5.41, 5.74) is 3.04. The number of rotatable bonds is 9. The third kappa shape index (κ3) is 4.89. The normalized spacial score (nSPS) is 13.4. The Hall–Kier alpha value is -3.85. The van der Waals surface area contributed by atoms with E-state index in [0.29, 0.717) is 42.8 Å². The average molecular weight is 479 g/mol. The van der Waals surface area contributed by atoms with Crippen LogP contribution in [0.5, 0.6) is 11.6 Å². The van der Waals surface area contributed by atoms with E-state index in [1.165, 1.54) is 0 Å². The largest absolute Gasteiger partial charge is 0.486 e. The number of H-pyrrole nitrogens is 1. The van der Waals surface area contributed by atoms with Gasteiger partial charge in [0.05, 0.1) is 46.2 Å². The Morgan fingerprint density at radius 2 is 2.12 bits per heavy atom. The van der Waals surface area contributed by atoms with Crippen LogP contribution in [0.4, 0.5) is 11.4 Å². The maximum Gasteiger partial charge on any atom is 0.242 e. The molecule has 1 aromatic carbocycles. The van der Waals surface area contributed by atoms with Gasteiger partial charge in [-0.15, -0.1) is 5.10 Å². The van der Waals surface area contributed by atoms with Crippen molar-refractivity contribution < 1.29 is 14.3 Å². The number of likely N-dealkylation sites (tertiary alicyclic amines) is 1. The van der Waals surface area contributed by atoms with Crippen LogP contribution in [0, 0.1) is 0 Å². The highest BCUT2D eigenvalue weighted by Gasteiger charge is 2.20. The van der Waals surface area contributed by atoms with Gasteiger partial charge in [0.15, 0.2) is 0 Å². The van der Waals surface area contributed by atoms with E-state index in [2.05, 4.69) is 25.5 Å². The summed E-state index contributed by atoms with van der Waals surface area (Å²) in [4.78, 5) is 22.1. The lowest BCUT2D eigenvalue weighted by molar-refractivity contribution is -0.128. The molecule has 0 unspecified atom stereocenters. The molecular formula is C24H23ClN6O3. The number of carbonyl (C=O) groups excluding carboxylic acids is 1. The average Bonchev–Trinajstić information content (AvgIpc) is 3.46. The van der Waals surface area contributed by atoms with Gasteiger partial charge in [0.2, 0.25) is 11.8 Å². The van der Waals surface area contributed by atoms with Crippen LogP contribution in [-0.4, -0.2) is 50.7 Å². The van der Waals surface area contributed by atoms with Crippen molar-refractivity contribution in [3.8, 4) is 11.6 Å². The minimum atomic E-state index is 0.173. The van der Waals surface area contributed by atoms with Gasteiger partial charge in [-0.1, -0.05) is 17.7 Å². The molecule has 4 heterocycles. The smallest absolute Gasteiger partial charge is 0.242 e. The predicted molar refractivity (Wildman–Crippen MR) is 129 cm³/mol. The fourth-order valence-electron chi connectivity index (χ4n) is 3.82. The Morgan fingerprint density at radius 1 is 1.18 bits per heavy atom. The van der Waals surface area contributed by atoms with Gasteiger partial charge >= 0.3 is 0 Å². The van der Waals surface area contributed by atoms with Gasteiger partial charge in [-0.3, -0.25) is 19.9 Å². The lowest BCUT2D eigenvalue weighted by atomic mass is 10.2. The first-order valence-corrected chi connectivity index (χ1v) is 11.4. The third-order valence-corrected chi connectivity index (χ3v) is 5.82. The highest BCUT2D eigenvalue weighted by Crippen LogP contribution is 2.34. The zero-order chi connectivity index (χ0) is 23.3. The van der Waals surface area contributed by atoms with Crippen molar-refractivity contribution >= 4 is 39.8 Å². The number of benzene rings is 1. The fourth-order valence-corrected chi connectivity index (χ4v) is 4.06. The van der Waals surface area contributed by atoms with Crippen molar-refractivity contribution in [2.75, 3.05) is 25.0 Å². The number of aromatic nitrogens is 4. The molecule has 5 rings (SSSR count). The SMILES string of the molecule is O=C1CCCN1CCOc1n[nH]c2cncc(Nc3ccc(OCc4ccccn4)c(Cl)c3)c12. The second-order valence-electron chi connectivity index (χ2n) is 7.85. The molecule has 0 spiro atoms. The molecule has 0 atom stereocenters. The van der Waals surface area contributed by atoms with Gasteiger partial charge in [0, 0.05) is 24.8 Å². The second kappa shape index (κ2) is 9.96. The molecule has 174 valence electrons. The molecule has 9 nitrogen and oxygen atoms in total. The predicted octanol–water partition coefficient (Wildman–Crippen LogP) is 4.33.